The lowest BCUT2D eigenvalue weighted by atomic mass is 10.0. The van der Waals surface area contributed by atoms with Crippen molar-refractivity contribution < 1.29 is 28.6 Å². The summed E-state index contributed by atoms with van der Waals surface area (Å²) in [7, 11) is 0. The molecule has 0 saturated heterocycles. The van der Waals surface area contributed by atoms with Gasteiger partial charge in [-0.25, -0.2) is 0 Å². The number of ether oxygens (including phenoxy) is 3. The summed E-state index contributed by atoms with van der Waals surface area (Å²) in [6, 6.07) is 0. The molecular weight excluding hydrogens is 1010 g/mol. The number of esters is 3. The largest absolute Gasteiger partial charge is 0.462 e. The Hall–Kier alpha value is -1.85. The predicted molar refractivity (Wildman–Crippen MR) is 358 cm³/mol. The lowest BCUT2D eigenvalue weighted by Gasteiger charge is -2.18. The van der Waals surface area contributed by atoms with Crippen molar-refractivity contribution in [1.82, 2.24) is 0 Å². The van der Waals surface area contributed by atoms with Gasteiger partial charge in [0.15, 0.2) is 6.10 Å². The number of rotatable bonds is 71. The number of carbonyl (C=O) groups is 3. The Morgan fingerprint density at radius 2 is 0.402 bits per heavy atom. The molecule has 0 fully saturated rings. The van der Waals surface area contributed by atoms with Gasteiger partial charge in [-0.05, 0) is 44.9 Å². The highest BCUT2D eigenvalue weighted by molar-refractivity contribution is 5.71. The molecule has 1 atom stereocenters. The molecule has 0 radical (unpaired) electrons. The molecule has 0 heterocycles. The minimum atomic E-state index is -0.770. The highest BCUT2D eigenvalue weighted by Crippen LogP contribution is 2.20. The van der Waals surface area contributed by atoms with Crippen molar-refractivity contribution in [2.75, 3.05) is 13.2 Å². The zero-order valence-electron chi connectivity index (χ0n) is 56.1. The summed E-state index contributed by atoms with van der Waals surface area (Å²) in [6.07, 6.45) is 86.9. The van der Waals surface area contributed by atoms with E-state index >= 15 is 0 Å². The van der Waals surface area contributed by atoms with Crippen LogP contribution in [0.1, 0.15) is 438 Å². The fourth-order valence-corrected chi connectivity index (χ4v) is 11.9. The van der Waals surface area contributed by atoms with E-state index in [0.717, 1.165) is 64.2 Å². The van der Waals surface area contributed by atoms with E-state index in [-0.39, 0.29) is 31.1 Å². The molecule has 0 aliphatic carbocycles. The molecule has 6 heteroatoms. The predicted octanol–water partition coefficient (Wildman–Crippen LogP) is 26.0. The van der Waals surface area contributed by atoms with E-state index in [1.54, 1.807) is 0 Å². The van der Waals surface area contributed by atoms with Crippen LogP contribution in [0.15, 0.2) is 12.2 Å². The second kappa shape index (κ2) is 71.6. The molecule has 0 amide bonds. The van der Waals surface area contributed by atoms with Crippen molar-refractivity contribution in [3.05, 3.63) is 12.2 Å². The molecule has 1 unspecified atom stereocenters. The second-order valence-corrected chi connectivity index (χ2v) is 25.9. The average molecular weight is 1160 g/mol. The first-order valence-electron chi connectivity index (χ1n) is 37.7. The molecule has 0 bridgehead atoms. The second-order valence-electron chi connectivity index (χ2n) is 25.9. The van der Waals surface area contributed by atoms with Gasteiger partial charge in [-0.2, -0.15) is 0 Å². The first-order chi connectivity index (χ1) is 40.5. The third-order valence-electron chi connectivity index (χ3n) is 17.5. The van der Waals surface area contributed by atoms with E-state index in [2.05, 4.69) is 32.9 Å². The van der Waals surface area contributed by atoms with Crippen molar-refractivity contribution in [3.8, 4) is 0 Å². The maximum Gasteiger partial charge on any atom is 0.306 e. The van der Waals surface area contributed by atoms with E-state index in [1.807, 2.05) is 0 Å². The van der Waals surface area contributed by atoms with Crippen LogP contribution in [-0.2, 0) is 28.6 Å². The molecule has 486 valence electrons. The van der Waals surface area contributed by atoms with Crippen molar-refractivity contribution in [1.29, 1.82) is 0 Å². The Kier molecular flexibility index (Phi) is 70.0. The van der Waals surface area contributed by atoms with Crippen molar-refractivity contribution in [2.45, 2.75) is 444 Å². The Labute approximate surface area is 513 Å². The smallest absolute Gasteiger partial charge is 0.306 e. The lowest BCUT2D eigenvalue weighted by molar-refractivity contribution is -0.167. The number of allylic oxidation sites excluding steroid dienone is 2. The summed E-state index contributed by atoms with van der Waals surface area (Å²) in [5.41, 5.74) is 0. The molecule has 0 aliphatic heterocycles. The van der Waals surface area contributed by atoms with Crippen LogP contribution < -0.4 is 0 Å². The average Bonchev–Trinajstić information content (AvgIpc) is 3.47. The molecule has 82 heavy (non-hydrogen) atoms. The molecule has 0 rings (SSSR count). The van der Waals surface area contributed by atoms with E-state index in [1.165, 1.54) is 334 Å². The summed E-state index contributed by atoms with van der Waals surface area (Å²) in [4.78, 5) is 38.5. The standard InChI is InChI=1S/C76H146O6/c1-4-7-10-13-16-19-22-25-28-30-32-34-36-37-38-39-41-42-44-46-48-51-54-57-60-63-66-69-75(78)81-72-73(71-80-74(77)68-65-62-59-56-53-50-27-24-21-18-15-12-9-6-3)82-76(79)70-67-64-61-58-55-52-49-47-45-43-40-35-33-31-29-26-23-20-17-14-11-8-5-2/h24,27,73H,4-23,25-26,28-72H2,1-3H3/b27-24-. The van der Waals surface area contributed by atoms with E-state index in [0.29, 0.717) is 19.3 Å². The van der Waals surface area contributed by atoms with Crippen molar-refractivity contribution in [2.24, 2.45) is 0 Å². The molecule has 0 aromatic carbocycles. The van der Waals surface area contributed by atoms with E-state index in [9.17, 15) is 14.4 Å². The maximum atomic E-state index is 13.0. The molecule has 6 nitrogen and oxygen atoms in total. The summed E-state index contributed by atoms with van der Waals surface area (Å²) < 4.78 is 17.0. The van der Waals surface area contributed by atoms with Gasteiger partial charge in [0.25, 0.3) is 0 Å². The highest BCUT2D eigenvalue weighted by atomic mass is 16.6. The lowest BCUT2D eigenvalue weighted by Crippen LogP contribution is -2.30. The fourth-order valence-electron chi connectivity index (χ4n) is 11.9. The minimum absolute atomic E-state index is 0.0654. The number of carbonyl (C=O) groups excluding carboxylic acids is 3. The number of hydrogen-bond donors (Lipinski definition) is 0. The maximum absolute atomic E-state index is 13.0. The van der Waals surface area contributed by atoms with Gasteiger partial charge in [0.05, 0.1) is 0 Å². The zero-order valence-corrected chi connectivity index (χ0v) is 56.1. The van der Waals surface area contributed by atoms with Crippen LogP contribution in [0.2, 0.25) is 0 Å². The van der Waals surface area contributed by atoms with Gasteiger partial charge in [0, 0.05) is 19.3 Å². The Bertz CT molecular complexity index is 1280. The Morgan fingerprint density at radius 3 is 0.610 bits per heavy atom. The minimum Gasteiger partial charge on any atom is -0.462 e. The first kappa shape index (κ1) is 80.2. The highest BCUT2D eigenvalue weighted by Gasteiger charge is 2.20. The first-order valence-corrected chi connectivity index (χ1v) is 37.7. The topological polar surface area (TPSA) is 78.9 Å². The monoisotopic (exact) mass is 1160 g/mol. The Morgan fingerprint density at radius 1 is 0.232 bits per heavy atom. The zero-order chi connectivity index (χ0) is 59.2. The van der Waals surface area contributed by atoms with Crippen LogP contribution >= 0.6 is 0 Å². The van der Waals surface area contributed by atoms with Crippen LogP contribution in [0.5, 0.6) is 0 Å². The fraction of sp³-hybridized carbons (Fsp3) is 0.934. The van der Waals surface area contributed by atoms with Gasteiger partial charge >= 0.3 is 17.9 Å². The van der Waals surface area contributed by atoms with Gasteiger partial charge in [0.2, 0.25) is 0 Å². The number of unbranched alkanes of at least 4 members (excludes halogenated alkanes) is 58. The van der Waals surface area contributed by atoms with Gasteiger partial charge < -0.3 is 14.2 Å². The number of hydrogen-bond acceptors (Lipinski definition) is 6. The molecule has 0 N–H and O–H groups in total. The van der Waals surface area contributed by atoms with Crippen molar-refractivity contribution in [3.63, 3.8) is 0 Å². The summed E-state index contributed by atoms with van der Waals surface area (Å²) >= 11 is 0. The third-order valence-corrected chi connectivity index (χ3v) is 17.5. The quantitative estimate of drug-likeness (QED) is 0.0261. The normalized spacial score (nSPS) is 12.0. The van der Waals surface area contributed by atoms with Gasteiger partial charge in [-0.3, -0.25) is 14.4 Å². The van der Waals surface area contributed by atoms with E-state index < -0.39 is 6.10 Å². The SMILES string of the molecule is CCCCCCC/C=C\CCCCCCCC(=O)OCC(COC(=O)CCCCCCCCCCCCCCCCCCCCCCCCCCCCC)OC(=O)CCCCCCCCCCCCCCCCCCCCCCCCC. The van der Waals surface area contributed by atoms with Crippen LogP contribution in [-0.4, -0.2) is 37.2 Å². The van der Waals surface area contributed by atoms with Crippen LogP contribution in [0.4, 0.5) is 0 Å². The van der Waals surface area contributed by atoms with Gasteiger partial charge in [-0.15, -0.1) is 0 Å². The summed E-state index contributed by atoms with van der Waals surface area (Å²) in [5, 5.41) is 0. The van der Waals surface area contributed by atoms with Crippen LogP contribution in [0.25, 0.3) is 0 Å². The molecule has 0 aromatic heterocycles. The van der Waals surface area contributed by atoms with Crippen molar-refractivity contribution >= 4 is 17.9 Å². The molecule has 0 spiro atoms. The molecular formula is C76H146O6. The molecule has 0 aromatic rings. The summed E-state index contributed by atoms with van der Waals surface area (Å²) in [5.74, 6) is -0.836. The Balaban J connectivity index is 4.19. The van der Waals surface area contributed by atoms with Crippen LogP contribution in [0, 0.1) is 0 Å². The van der Waals surface area contributed by atoms with E-state index in [4.69, 9.17) is 14.2 Å². The third kappa shape index (κ3) is 68.9. The molecule has 0 saturated carbocycles. The van der Waals surface area contributed by atoms with Gasteiger partial charge in [0.1, 0.15) is 13.2 Å². The molecule has 0 aliphatic rings. The van der Waals surface area contributed by atoms with Gasteiger partial charge in [-0.1, -0.05) is 386 Å². The summed E-state index contributed by atoms with van der Waals surface area (Å²) in [6.45, 7) is 6.73. The van der Waals surface area contributed by atoms with Crippen LogP contribution in [0.3, 0.4) is 0 Å².